The van der Waals surface area contributed by atoms with Gasteiger partial charge < -0.3 is 10.1 Å². The molecule has 2 aromatic rings. The summed E-state index contributed by atoms with van der Waals surface area (Å²) >= 11 is 0. The molecular weight excluding hydrogens is 252 g/mol. The Morgan fingerprint density at radius 1 is 1.35 bits per heavy atom. The molecule has 108 valence electrons. The largest absolute Gasteiger partial charge is 0.435 e. The third-order valence-electron chi connectivity index (χ3n) is 3.16. The van der Waals surface area contributed by atoms with Crippen molar-refractivity contribution < 1.29 is 4.74 Å². The van der Waals surface area contributed by atoms with Crippen LogP contribution in [0.5, 0.6) is 11.6 Å². The van der Waals surface area contributed by atoms with Crippen LogP contribution in [0.2, 0.25) is 0 Å². The number of rotatable bonds is 5. The lowest BCUT2D eigenvalue weighted by molar-refractivity contribution is 0.453. The second kappa shape index (κ2) is 6.05. The van der Waals surface area contributed by atoms with E-state index in [-0.39, 0.29) is 0 Å². The molecule has 2 aromatic heterocycles. The Morgan fingerprint density at radius 2 is 2.10 bits per heavy atom. The molecule has 0 amide bonds. The van der Waals surface area contributed by atoms with Crippen molar-refractivity contribution in [1.82, 2.24) is 20.1 Å². The molecule has 2 heterocycles. The fourth-order valence-electron chi connectivity index (χ4n) is 1.94. The molecule has 0 bridgehead atoms. The van der Waals surface area contributed by atoms with E-state index in [0.29, 0.717) is 11.9 Å². The summed E-state index contributed by atoms with van der Waals surface area (Å²) in [7, 11) is 1.91. The van der Waals surface area contributed by atoms with E-state index in [9.17, 15) is 0 Å². The molecule has 1 N–H and O–H groups in total. The monoisotopic (exact) mass is 274 g/mol. The van der Waals surface area contributed by atoms with Gasteiger partial charge in [-0.15, -0.1) is 0 Å². The van der Waals surface area contributed by atoms with Gasteiger partial charge in [0.25, 0.3) is 0 Å². The first-order valence-electron chi connectivity index (χ1n) is 6.83. The lowest BCUT2D eigenvalue weighted by atomic mass is 10.2. The van der Waals surface area contributed by atoms with Crippen molar-refractivity contribution in [2.24, 2.45) is 7.05 Å². The van der Waals surface area contributed by atoms with Gasteiger partial charge in [-0.3, -0.25) is 4.68 Å². The Labute approximate surface area is 120 Å². The highest BCUT2D eigenvalue weighted by Gasteiger charge is 2.12. The van der Waals surface area contributed by atoms with Crippen LogP contribution in [-0.2, 0) is 13.6 Å². The highest BCUT2D eigenvalue weighted by molar-refractivity contribution is 5.35. The van der Waals surface area contributed by atoms with Gasteiger partial charge in [0.1, 0.15) is 5.69 Å². The zero-order valence-electron chi connectivity index (χ0n) is 12.8. The standard InChI is InChI=1S/C15H22N4O/c1-10(2)17-9-13-6-7-16-14(8-13)20-15-11(3)18-19(5)12(15)4/h6-8,10,17H,9H2,1-5H3. The van der Waals surface area contributed by atoms with Crippen LogP contribution in [-0.4, -0.2) is 20.8 Å². The van der Waals surface area contributed by atoms with Crippen molar-refractivity contribution in [2.75, 3.05) is 0 Å². The molecule has 0 spiro atoms. The molecule has 2 rings (SSSR count). The predicted molar refractivity (Wildman–Crippen MR) is 79.0 cm³/mol. The molecular formula is C15H22N4O. The van der Waals surface area contributed by atoms with Gasteiger partial charge in [0.05, 0.1) is 5.69 Å². The molecule has 5 heteroatoms. The summed E-state index contributed by atoms with van der Waals surface area (Å²) in [6, 6.07) is 4.40. The molecule has 5 nitrogen and oxygen atoms in total. The number of nitrogens with zero attached hydrogens (tertiary/aromatic N) is 3. The van der Waals surface area contributed by atoms with Gasteiger partial charge in [0.15, 0.2) is 5.75 Å². The Hall–Kier alpha value is -1.88. The molecule has 0 aliphatic heterocycles. The molecule has 0 fully saturated rings. The van der Waals surface area contributed by atoms with Crippen LogP contribution in [0.3, 0.4) is 0 Å². The Balaban J connectivity index is 2.15. The molecule has 0 saturated heterocycles. The van der Waals surface area contributed by atoms with Crippen LogP contribution in [0.15, 0.2) is 18.3 Å². The smallest absolute Gasteiger partial charge is 0.219 e. The van der Waals surface area contributed by atoms with Crippen LogP contribution < -0.4 is 10.1 Å². The number of hydrogen-bond acceptors (Lipinski definition) is 4. The van der Waals surface area contributed by atoms with Gasteiger partial charge in [-0.1, -0.05) is 13.8 Å². The van der Waals surface area contributed by atoms with Crippen LogP contribution >= 0.6 is 0 Å². The minimum atomic E-state index is 0.454. The summed E-state index contributed by atoms with van der Waals surface area (Å²) in [5.41, 5.74) is 3.02. The second-order valence-electron chi connectivity index (χ2n) is 5.26. The highest BCUT2D eigenvalue weighted by atomic mass is 16.5. The Kier molecular flexibility index (Phi) is 4.39. The topological polar surface area (TPSA) is 52.0 Å². The molecule has 0 radical (unpaired) electrons. The minimum Gasteiger partial charge on any atom is -0.435 e. The van der Waals surface area contributed by atoms with Crippen molar-refractivity contribution in [3.63, 3.8) is 0 Å². The van der Waals surface area contributed by atoms with Gasteiger partial charge in [-0.2, -0.15) is 5.10 Å². The maximum Gasteiger partial charge on any atom is 0.219 e. The number of aromatic nitrogens is 3. The lowest BCUT2D eigenvalue weighted by Gasteiger charge is -2.09. The van der Waals surface area contributed by atoms with Crippen molar-refractivity contribution in [3.8, 4) is 11.6 Å². The van der Waals surface area contributed by atoms with Crippen molar-refractivity contribution >= 4 is 0 Å². The summed E-state index contributed by atoms with van der Waals surface area (Å²) in [6.07, 6.45) is 1.77. The average molecular weight is 274 g/mol. The minimum absolute atomic E-state index is 0.454. The normalized spacial score (nSPS) is 11.1. The van der Waals surface area contributed by atoms with Crippen molar-refractivity contribution in [2.45, 2.75) is 40.3 Å². The van der Waals surface area contributed by atoms with Gasteiger partial charge in [-0.05, 0) is 25.5 Å². The molecule has 0 atom stereocenters. The molecule has 0 aliphatic carbocycles. The summed E-state index contributed by atoms with van der Waals surface area (Å²) < 4.78 is 7.70. The van der Waals surface area contributed by atoms with Crippen molar-refractivity contribution in [3.05, 3.63) is 35.3 Å². The van der Waals surface area contributed by atoms with Gasteiger partial charge in [0, 0.05) is 31.9 Å². The first-order valence-corrected chi connectivity index (χ1v) is 6.83. The molecule has 0 unspecified atom stereocenters. The SMILES string of the molecule is Cc1nn(C)c(C)c1Oc1cc(CNC(C)C)ccn1. The summed E-state index contributed by atoms with van der Waals surface area (Å²) in [5.74, 6) is 1.39. The lowest BCUT2D eigenvalue weighted by Crippen LogP contribution is -2.21. The fourth-order valence-corrected chi connectivity index (χ4v) is 1.94. The molecule has 0 aliphatic rings. The predicted octanol–water partition coefficient (Wildman–Crippen LogP) is 2.72. The van der Waals surface area contributed by atoms with E-state index in [2.05, 4.69) is 29.2 Å². The molecule has 0 saturated carbocycles. The summed E-state index contributed by atoms with van der Waals surface area (Å²) in [5, 5.41) is 7.72. The van der Waals surface area contributed by atoms with E-state index in [4.69, 9.17) is 4.74 Å². The third-order valence-corrected chi connectivity index (χ3v) is 3.16. The zero-order chi connectivity index (χ0) is 14.7. The Morgan fingerprint density at radius 3 is 2.70 bits per heavy atom. The number of pyridine rings is 1. The van der Waals surface area contributed by atoms with Gasteiger partial charge >= 0.3 is 0 Å². The first kappa shape index (κ1) is 14.5. The number of aryl methyl sites for hydroxylation is 2. The van der Waals surface area contributed by atoms with E-state index < -0.39 is 0 Å². The maximum absolute atomic E-state index is 5.89. The fraction of sp³-hybridized carbons (Fsp3) is 0.467. The van der Waals surface area contributed by atoms with E-state index in [0.717, 1.165) is 29.2 Å². The van der Waals surface area contributed by atoms with E-state index in [1.54, 1.807) is 6.20 Å². The van der Waals surface area contributed by atoms with E-state index in [1.807, 2.05) is 37.7 Å². The van der Waals surface area contributed by atoms with Crippen LogP contribution in [0.4, 0.5) is 0 Å². The van der Waals surface area contributed by atoms with E-state index in [1.165, 1.54) is 0 Å². The summed E-state index contributed by atoms with van der Waals surface area (Å²) in [4.78, 5) is 4.27. The quantitative estimate of drug-likeness (QED) is 0.911. The number of ether oxygens (including phenoxy) is 1. The zero-order valence-corrected chi connectivity index (χ0v) is 12.8. The van der Waals surface area contributed by atoms with Gasteiger partial charge in [-0.25, -0.2) is 4.98 Å². The summed E-state index contributed by atoms with van der Waals surface area (Å²) in [6.45, 7) is 8.98. The number of nitrogens with one attached hydrogen (secondary N) is 1. The van der Waals surface area contributed by atoms with E-state index >= 15 is 0 Å². The third kappa shape index (κ3) is 3.36. The number of hydrogen-bond donors (Lipinski definition) is 1. The van der Waals surface area contributed by atoms with Crippen LogP contribution in [0.1, 0.15) is 30.8 Å². The van der Waals surface area contributed by atoms with Gasteiger partial charge in [0.2, 0.25) is 5.88 Å². The highest BCUT2D eigenvalue weighted by Crippen LogP contribution is 2.26. The first-order chi connectivity index (χ1) is 9.47. The molecule has 20 heavy (non-hydrogen) atoms. The second-order valence-corrected chi connectivity index (χ2v) is 5.26. The van der Waals surface area contributed by atoms with Crippen molar-refractivity contribution in [1.29, 1.82) is 0 Å². The van der Waals surface area contributed by atoms with Crippen LogP contribution in [0, 0.1) is 13.8 Å². The molecule has 0 aromatic carbocycles. The van der Waals surface area contributed by atoms with Crippen LogP contribution in [0.25, 0.3) is 0 Å². The maximum atomic E-state index is 5.89. The average Bonchev–Trinajstić information content (AvgIpc) is 2.64. The Bertz CT molecular complexity index is 590.